The highest BCUT2D eigenvalue weighted by Gasteiger charge is 2.42. The Morgan fingerprint density at radius 1 is 1.08 bits per heavy atom. The van der Waals surface area contributed by atoms with Crippen molar-refractivity contribution in [2.45, 2.75) is 36.7 Å². The van der Waals surface area contributed by atoms with Gasteiger partial charge in [-0.1, -0.05) is 23.7 Å². The maximum Gasteiger partial charge on any atom is 0.245 e. The Bertz CT molecular complexity index is 1310. The molecule has 9 nitrogen and oxygen atoms in total. The first-order valence-electron chi connectivity index (χ1n) is 13.3. The van der Waals surface area contributed by atoms with Crippen molar-refractivity contribution in [2.75, 3.05) is 52.9 Å². The Hall–Kier alpha value is -2.24. The van der Waals surface area contributed by atoms with Crippen LogP contribution in [0.1, 0.15) is 19.8 Å². The molecule has 3 aliphatic heterocycles. The van der Waals surface area contributed by atoms with Crippen molar-refractivity contribution >= 4 is 44.2 Å². The number of benzene rings is 2. The van der Waals surface area contributed by atoms with Crippen molar-refractivity contribution in [3.05, 3.63) is 41.4 Å². The van der Waals surface area contributed by atoms with Crippen molar-refractivity contribution in [3.63, 3.8) is 0 Å². The normalized spacial score (nSPS) is 25.2. The number of fused-ring (bicyclic) bond motifs is 3. The molecule has 0 radical (unpaired) electrons. The van der Waals surface area contributed by atoms with Gasteiger partial charge >= 0.3 is 0 Å². The van der Waals surface area contributed by atoms with Crippen LogP contribution >= 0.6 is 11.6 Å². The fraction of sp³-hybridized carbons (Fsp3) is 0.556. The van der Waals surface area contributed by atoms with Crippen LogP contribution in [-0.4, -0.2) is 99.9 Å². The van der Waals surface area contributed by atoms with Crippen LogP contribution in [0.4, 0.5) is 0 Å². The standard InChI is InChI=1S/C27H36ClN5O4S/c1-18(26(34)32-16-19-11-20(17-32)15-31(14-19)10-8-29-2)33-9-7-25(27(33)35)30-38(36,37)24-6-4-21-12-23(28)5-3-22(21)13-24/h3-6,12-13,18-20,25,29-30H,7-11,14-17H2,1-2H3/t18-,19?,20?,25?/m0/s1. The number of hydrogen-bond acceptors (Lipinski definition) is 6. The van der Waals surface area contributed by atoms with Crippen LogP contribution in [0.25, 0.3) is 10.8 Å². The average molecular weight is 562 g/mol. The lowest BCUT2D eigenvalue weighted by atomic mass is 9.84. The summed E-state index contributed by atoms with van der Waals surface area (Å²) in [6.45, 7) is 7.47. The van der Waals surface area contributed by atoms with Gasteiger partial charge in [0.25, 0.3) is 0 Å². The highest BCUT2D eigenvalue weighted by Crippen LogP contribution is 2.30. The van der Waals surface area contributed by atoms with E-state index in [9.17, 15) is 18.0 Å². The minimum atomic E-state index is -3.93. The van der Waals surface area contributed by atoms with Crippen LogP contribution < -0.4 is 10.0 Å². The molecule has 3 aliphatic rings. The molecule has 4 atom stereocenters. The molecule has 206 valence electrons. The first-order chi connectivity index (χ1) is 18.1. The number of amides is 2. The molecule has 5 rings (SSSR count). The number of hydrogen-bond donors (Lipinski definition) is 2. The number of likely N-dealkylation sites (tertiary alicyclic amines) is 3. The van der Waals surface area contributed by atoms with Gasteiger partial charge in [0, 0.05) is 50.8 Å². The quantitative estimate of drug-likeness (QED) is 0.509. The number of carbonyl (C=O) groups excluding carboxylic acids is 2. The molecule has 0 aromatic heterocycles. The van der Waals surface area contributed by atoms with Gasteiger partial charge in [-0.2, -0.15) is 4.72 Å². The molecule has 3 unspecified atom stereocenters. The van der Waals surface area contributed by atoms with E-state index in [1.54, 1.807) is 37.3 Å². The van der Waals surface area contributed by atoms with Gasteiger partial charge in [0.1, 0.15) is 12.1 Å². The molecule has 0 aliphatic carbocycles. The van der Waals surface area contributed by atoms with Gasteiger partial charge < -0.3 is 20.0 Å². The van der Waals surface area contributed by atoms with E-state index in [-0.39, 0.29) is 16.7 Å². The van der Waals surface area contributed by atoms with E-state index in [0.717, 1.165) is 43.4 Å². The monoisotopic (exact) mass is 561 g/mol. The topological polar surface area (TPSA) is 102 Å². The zero-order valence-electron chi connectivity index (χ0n) is 21.9. The van der Waals surface area contributed by atoms with Crippen molar-refractivity contribution < 1.29 is 18.0 Å². The number of piperidine rings is 2. The Kier molecular flexibility index (Phi) is 7.98. The molecule has 3 fully saturated rings. The molecule has 2 N–H and O–H groups in total. The number of likely N-dealkylation sites (N-methyl/N-ethyl adjacent to an activating group) is 1. The fourth-order valence-corrected chi connectivity index (χ4v) is 7.67. The summed E-state index contributed by atoms with van der Waals surface area (Å²) < 4.78 is 28.8. The predicted molar refractivity (Wildman–Crippen MR) is 147 cm³/mol. The number of halogens is 1. The van der Waals surface area contributed by atoms with E-state index in [0.29, 0.717) is 42.9 Å². The third-order valence-electron chi connectivity index (χ3n) is 8.09. The maximum atomic E-state index is 13.4. The Morgan fingerprint density at radius 2 is 1.76 bits per heavy atom. The lowest BCUT2D eigenvalue weighted by Gasteiger charge is -2.46. The van der Waals surface area contributed by atoms with E-state index in [2.05, 4.69) is 14.9 Å². The number of nitrogens with zero attached hydrogens (tertiary/aromatic N) is 3. The molecule has 3 saturated heterocycles. The van der Waals surface area contributed by atoms with Crippen LogP contribution in [0.15, 0.2) is 41.3 Å². The first-order valence-corrected chi connectivity index (χ1v) is 15.2. The van der Waals surface area contributed by atoms with Crippen LogP contribution in [0.3, 0.4) is 0 Å². The Morgan fingerprint density at radius 3 is 2.47 bits per heavy atom. The minimum absolute atomic E-state index is 0.0478. The summed E-state index contributed by atoms with van der Waals surface area (Å²) in [6.07, 6.45) is 1.47. The van der Waals surface area contributed by atoms with E-state index in [1.165, 1.54) is 11.0 Å². The zero-order chi connectivity index (χ0) is 27.0. The maximum absolute atomic E-state index is 13.4. The van der Waals surface area contributed by atoms with E-state index in [1.807, 2.05) is 11.9 Å². The summed E-state index contributed by atoms with van der Waals surface area (Å²) in [5.41, 5.74) is 0. The minimum Gasteiger partial charge on any atom is -0.340 e. The second kappa shape index (κ2) is 11.1. The average Bonchev–Trinajstić information content (AvgIpc) is 3.24. The van der Waals surface area contributed by atoms with E-state index >= 15 is 0 Å². The van der Waals surface area contributed by atoms with E-state index in [4.69, 9.17) is 11.6 Å². The highest BCUT2D eigenvalue weighted by molar-refractivity contribution is 7.89. The molecule has 2 aromatic carbocycles. The zero-order valence-corrected chi connectivity index (χ0v) is 23.5. The summed E-state index contributed by atoms with van der Waals surface area (Å²) in [6, 6.07) is 8.52. The Labute approximate surface area is 229 Å². The molecule has 2 amide bonds. The van der Waals surface area contributed by atoms with Gasteiger partial charge in [-0.3, -0.25) is 9.59 Å². The van der Waals surface area contributed by atoms with E-state index < -0.39 is 22.1 Å². The van der Waals surface area contributed by atoms with Crippen LogP contribution in [0.2, 0.25) is 5.02 Å². The van der Waals surface area contributed by atoms with Crippen LogP contribution in [-0.2, 0) is 19.6 Å². The molecule has 3 heterocycles. The van der Waals surface area contributed by atoms with Gasteiger partial charge in [0.15, 0.2) is 0 Å². The summed E-state index contributed by atoms with van der Waals surface area (Å²) in [5, 5.41) is 5.35. The van der Waals surface area contributed by atoms with Crippen molar-refractivity contribution in [1.29, 1.82) is 0 Å². The first kappa shape index (κ1) is 27.3. The largest absolute Gasteiger partial charge is 0.340 e. The van der Waals surface area contributed by atoms with Crippen LogP contribution in [0.5, 0.6) is 0 Å². The lowest BCUT2D eigenvalue weighted by Crippen LogP contribution is -2.58. The molecule has 38 heavy (non-hydrogen) atoms. The van der Waals surface area contributed by atoms with Gasteiger partial charge in [0.05, 0.1) is 4.90 Å². The lowest BCUT2D eigenvalue weighted by molar-refractivity contribution is -0.146. The molecular formula is C27H36ClN5O4S. The third-order valence-corrected chi connectivity index (χ3v) is 9.80. The van der Waals surface area contributed by atoms with Gasteiger partial charge in [0.2, 0.25) is 21.8 Å². The number of rotatable bonds is 8. The second-order valence-corrected chi connectivity index (χ2v) is 13.0. The van der Waals surface area contributed by atoms with Crippen molar-refractivity contribution in [2.24, 2.45) is 11.8 Å². The second-order valence-electron chi connectivity index (χ2n) is 10.9. The summed E-state index contributed by atoms with van der Waals surface area (Å²) in [5.74, 6) is 0.496. The Balaban J connectivity index is 1.21. The summed E-state index contributed by atoms with van der Waals surface area (Å²) >= 11 is 6.03. The van der Waals surface area contributed by atoms with Crippen molar-refractivity contribution in [1.82, 2.24) is 24.7 Å². The summed E-state index contributed by atoms with van der Waals surface area (Å²) in [4.78, 5) is 32.7. The number of carbonyl (C=O) groups is 2. The molecule has 0 saturated carbocycles. The van der Waals surface area contributed by atoms with Crippen LogP contribution in [0, 0.1) is 11.8 Å². The predicted octanol–water partition coefficient (Wildman–Crippen LogP) is 1.76. The molecule has 11 heteroatoms. The molecule has 2 bridgehead atoms. The summed E-state index contributed by atoms with van der Waals surface area (Å²) in [7, 11) is -1.97. The molecule has 2 aromatic rings. The smallest absolute Gasteiger partial charge is 0.245 e. The molecular weight excluding hydrogens is 526 g/mol. The van der Waals surface area contributed by atoms with Crippen molar-refractivity contribution in [3.8, 4) is 0 Å². The van der Waals surface area contributed by atoms with Gasteiger partial charge in [-0.25, -0.2) is 8.42 Å². The SMILES string of the molecule is CNCCN1CC2CC(C1)CN(C(=O)[C@H](C)N1CCC(NS(=O)(=O)c3ccc4cc(Cl)ccc4c3)C1=O)C2. The third kappa shape index (κ3) is 5.70. The van der Waals surface area contributed by atoms with Gasteiger partial charge in [-0.15, -0.1) is 0 Å². The number of nitrogens with one attached hydrogen (secondary N) is 2. The van der Waals surface area contributed by atoms with Gasteiger partial charge in [-0.05, 0) is 73.7 Å². The number of sulfonamides is 1. The highest BCUT2D eigenvalue weighted by atomic mass is 35.5. The fourth-order valence-electron chi connectivity index (χ4n) is 6.23. The molecule has 0 spiro atoms.